The molecule has 1 N–H and O–H groups in total. The lowest BCUT2D eigenvalue weighted by Gasteiger charge is -2.16. The first-order valence-corrected chi connectivity index (χ1v) is 7.35. The molecule has 1 aromatic rings. The zero-order valence-corrected chi connectivity index (χ0v) is 13.7. The van der Waals surface area contributed by atoms with E-state index in [4.69, 9.17) is 4.74 Å². The summed E-state index contributed by atoms with van der Waals surface area (Å²) in [6, 6.07) is 8.58. The minimum absolute atomic E-state index is 0.0219. The molecule has 0 fully saturated rings. The third-order valence-electron chi connectivity index (χ3n) is 2.83. The highest BCUT2D eigenvalue weighted by atomic mass is 31.0. The van der Waals surface area contributed by atoms with Crippen molar-refractivity contribution in [2.75, 3.05) is 6.54 Å². The Balaban J connectivity index is 2.58. The summed E-state index contributed by atoms with van der Waals surface area (Å²) in [6.07, 6.45) is -1.14. The Kier molecular flexibility index (Phi) is 7.54. The second kappa shape index (κ2) is 9.15. The Hall–Kier alpha value is -1.94. The van der Waals surface area contributed by atoms with Crippen LogP contribution in [0.1, 0.15) is 31.9 Å². The average molecular weight is 325 g/mol. The molecule has 0 aromatic heterocycles. The van der Waals surface area contributed by atoms with E-state index in [1.165, 1.54) is 0 Å². The number of ether oxygens (including phenoxy) is 1. The zero-order valence-electron chi connectivity index (χ0n) is 12.6. The van der Waals surface area contributed by atoms with E-state index < -0.39 is 18.0 Å². The average Bonchev–Trinajstić information content (AvgIpc) is 2.52. The lowest BCUT2D eigenvalue weighted by molar-refractivity contribution is -0.162. The van der Waals surface area contributed by atoms with Crippen molar-refractivity contribution in [2.45, 2.75) is 26.4 Å². The van der Waals surface area contributed by atoms with Gasteiger partial charge in [0.15, 0.2) is 0 Å². The van der Waals surface area contributed by atoms with Crippen LogP contribution in [0.2, 0.25) is 0 Å². The lowest BCUT2D eigenvalue weighted by Crippen LogP contribution is -2.30. The normalized spacial score (nSPS) is 11.6. The van der Waals surface area contributed by atoms with Crippen molar-refractivity contribution in [1.29, 1.82) is 0 Å². The van der Waals surface area contributed by atoms with Crippen molar-refractivity contribution in [2.24, 2.45) is 5.92 Å². The number of carbonyl (C=O) groups is 3. The number of benzene rings is 1. The van der Waals surface area contributed by atoms with Crippen molar-refractivity contribution in [1.82, 2.24) is 5.32 Å². The molecule has 22 heavy (non-hydrogen) atoms. The van der Waals surface area contributed by atoms with Crippen molar-refractivity contribution >= 4 is 27.3 Å². The van der Waals surface area contributed by atoms with Crippen molar-refractivity contribution < 1.29 is 23.6 Å². The highest BCUT2D eigenvalue weighted by Gasteiger charge is 2.25. The highest BCUT2D eigenvalue weighted by Crippen LogP contribution is 2.20. The molecule has 0 radical (unpaired) electrons. The summed E-state index contributed by atoms with van der Waals surface area (Å²) in [5, 5.41) is 2.61. The molecule has 6 nitrogen and oxygen atoms in total. The summed E-state index contributed by atoms with van der Waals surface area (Å²) in [5.74, 6) is -1.57. The third kappa shape index (κ3) is 5.82. The van der Waals surface area contributed by atoms with Crippen molar-refractivity contribution in [3.8, 4) is 0 Å². The maximum Gasteiger partial charge on any atom is 0.354 e. The van der Waals surface area contributed by atoms with Gasteiger partial charge in [-0.2, -0.15) is 0 Å². The number of amides is 1. The van der Waals surface area contributed by atoms with E-state index >= 15 is 0 Å². The second-order valence-corrected chi connectivity index (χ2v) is 5.15. The van der Waals surface area contributed by atoms with Crippen LogP contribution >= 0.6 is 9.47 Å². The summed E-state index contributed by atoms with van der Waals surface area (Å²) in [6.45, 7) is 3.68. The van der Waals surface area contributed by atoms with Gasteiger partial charge in [-0.25, -0.2) is 4.79 Å². The second-order valence-electron chi connectivity index (χ2n) is 4.91. The van der Waals surface area contributed by atoms with Gasteiger partial charge in [-0.3, -0.25) is 9.59 Å². The fourth-order valence-corrected chi connectivity index (χ4v) is 1.75. The van der Waals surface area contributed by atoms with E-state index in [9.17, 15) is 14.4 Å². The monoisotopic (exact) mass is 325 g/mol. The predicted molar refractivity (Wildman–Crippen MR) is 83.5 cm³/mol. The lowest BCUT2D eigenvalue weighted by atomic mass is 10.1. The van der Waals surface area contributed by atoms with Crippen LogP contribution in [0, 0.1) is 5.92 Å². The SMILES string of the molecule is CC(C)C(=O)NCCC(=O)O[C@H](C(=O)OP)c1ccccc1. The highest BCUT2D eigenvalue weighted by molar-refractivity contribution is 7.10. The zero-order chi connectivity index (χ0) is 16.5. The molecule has 0 bridgehead atoms. The molecule has 1 amide bonds. The van der Waals surface area contributed by atoms with Gasteiger partial charge < -0.3 is 14.6 Å². The topological polar surface area (TPSA) is 81.7 Å². The third-order valence-corrected chi connectivity index (χ3v) is 3.07. The van der Waals surface area contributed by atoms with Gasteiger partial charge in [0, 0.05) is 18.0 Å². The van der Waals surface area contributed by atoms with E-state index in [1.807, 2.05) is 9.47 Å². The van der Waals surface area contributed by atoms with Crippen LogP contribution in [0.3, 0.4) is 0 Å². The van der Waals surface area contributed by atoms with E-state index in [0.29, 0.717) is 5.56 Å². The smallest absolute Gasteiger partial charge is 0.354 e. The maximum atomic E-state index is 11.8. The Labute approximate surface area is 131 Å². The molecule has 2 atom stereocenters. The van der Waals surface area contributed by atoms with E-state index in [1.54, 1.807) is 44.2 Å². The van der Waals surface area contributed by atoms with Crippen LogP contribution in [-0.4, -0.2) is 24.4 Å². The van der Waals surface area contributed by atoms with Crippen LogP contribution in [0.4, 0.5) is 0 Å². The van der Waals surface area contributed by atoms with Gasteiger partial charge in [-0.05, 0) is 0 Å². The Bertz CT molecular complexity index is 518. The van der Waals surface area contributed by atoms with Crippen LogP contribution in [0.15, 0.2) is 30.3 Å². The molecule has 0 saturated carbocycles. The van der Waals surface area contributed by atoms with Gasteiger partial charge in [0.2, 0.25) is 12.0 Å². The minimum Gasteiger partial charge on any atom is -0.449 e. The van der Waals surface area contributed by atoms with Crippen LogP contribution < -0.4 is 5.32 Å². The number of carbonyl (C=O) groups excluding carboxylic acids is 3. The quantitative estimate of drug-likeness (QED) is 0.610. The summed E-state index contributed by atoms with van der Waals surface area (Å²) in [4.78, 5) is 34.9. The number of rotatable bonds is 7. The molecule has 1 aromatic carbocycles. The molecule has 0 spiro atoms. The summed E-state index contributed by atoms with van der Waals surface area (Å²) >= 11 is 0. The molecule has 7 heteroatoms. The molecule has 1 rings (SSSR count). The van der Waals surface area contributed by atoms with Gasteiger partial charge in [0.25, 0.3) is 0 Å². The van der Waals surface area contributed by atoms with Crippen LogP contribution in [-0.2, 0) is 23.6 Å². The van der Waals surface area contributed by atoms with Crippen LogP contribution in [0.5, 0.6) is 0 Å². The first-order valence-electron chi connectivity index (χ1n) is 6.88. The van der Waals surface area contributed by atoms with Gasteiger partial charge in [0.1, 0.15) is 0 Å². The molecule has 0 saturated heterocycles. The Morgan fingerprint density at radius 1 is 1.18 bits per heavy atom. The molecule has 0 aliphatic rings. The Morgan fingerprint density at radius 2 is 1.82 bits per heavy atom. The molecule has 0 aliphatic carbocycles. The molecule has 0 heterocycles. The Morgan fingerprint density at radius 3 is 2.36 bits per heavy atom. The molecular formula is C15H20NO5P. The first-order chi connectivity index (χ1) is 10.5. The summed E-state index contributed by atoms with van der Waals surface area (Å²) < 4.78 is 9.73. The fraction of sp³-hybridized carbons (Fsp3) is 0.400. The molecular weight excluding hydrogens is 305 g/mol. The van der Waals surface area contributed by atoms with Gasteiger partial charge in [-0.15, -0.1) is 0 Å². The standard InChI is InChI=1S/C15H20NO5P/c1-10(2)14(18)16-9-8-12(17)20-13(15(19)21-22)11-6-4-3-5-7-11/h3-7,10,13H,8-9,22H2,1-2H3,(H,16,18)/t13-/m0/s1. The predicted octanol–water partition coefficient (Wildman–Crippen LogP) is 1.77. The molecule has 0 aliphatic heterocycles. The summed E-state index contributed by atoms with van der Waals surface area (Å²) in [5.41, 5.74) is 0.523. The van der Waals surface area contributed by atoms with Crippen molar-refractivity contribution in [3.05, 3.63) is 35.9 Å². The number of hydrogen-bond donors (Lipinski definition) is 1. The van der Waals surface area contributed by atoms with Crippen LogP contribution in [0.25, 0.3) is 0 Å². The first kappa shape index (κ1) is 18.1. The number of esters is 1. The minimum atomic E-state index is -1.12. The molecule has 1 unspecified atom stereocenters. The van der Waals surface area contributed by atoms with Gasteiger partial charge >= 0.3 is 11.9 Å². The largest absolute Gasteiger partial charge is 0.449 e. The van der Waals surface area contributed by atoms with Gasteiger partial charge in [-0.1, -0.05) is 44.2 Å². The van der Waals surface area contributed by atoms with Gasteiger partial charge in [0.05, 0.1) is 15.9 Å². The van der Waals surface area contributed by atoms with E-state index in [0.717, 1.165) is 0 Å². The molecule has 120 valence electrons. The summed E-state index contributed by atoms with van der Waals surface area (Å²) in [7, 11) is 1.84. The maximum absolute atomic E-state index is 11.8. The van der Waals surface area contributed by atoms with Crippen molar-refractivity contribution in [3.63, 3.8) is 0 Å². The number of hydrogen-bond acceptors (Lipinski definition) is 5. The fourth-order valence-electron chi connectivity index (χ4n) is 1.62. The number of nitrogens with one attached hydrogen (secondary N) is 1. The van der Waals surface area contributed by atoms with E-state index in [-0.39, 0.29) is 24.8 Å². The van der Waals surface area contributed by atoms with E-state index in [2.05, 4.69) is 9.84 Å².